The third-order valence-electron chi connectivity index (χ3n) is 2.67. The average molecular weight is 226 g/mol. The summed E-state index contributed by atoms with van der Waals surface area (Å²) in [5, 5.41) is 9.43. The van der Waals surface area contributed by atoms with Crippen LogP contribution in [0.1, 0.15) is 0 Å². The summed E-state index contributed by atoms with van der Waals surface area (Å²) in [6.45, 7) is 0. The Balaban J connectivity index is 2.27. The van der Waals surface area contributed by atoms with Gasteiger partial charge < -0.3 is 9.67 Å². The molecule has 0 radical (unpaired) electrons. The first-order valence-corrected chi connectivity index (χ1v) is 5.16. The van der Waals surface area contributed by atoms with Crippen LogP contribution in [0.4, 0.5) is 0 Å². The van der Waals surface area contributed by atoms with E-state index < -0.39 is 0 Å². The van der Waals surface area contributed by atoms with Gasteiger partial charge >= 0.3 is 0 Å². The molecular formula is C12H10N4O. The van der Waals surface area contributed by atoms with E-state index in [1.807, 2.05) is 17.7 Å². The molecule has 1 N–H and O–H groups in total. The van der Waals surface area contributed by atoms with E-state index in [4.69, 9.17) is 0 Å². The maximum atomic E-state index is 9.43. The molecule has 3 heterocycles. The largest absolute Gasteiger partial charge is 0.506 e. The summed E-state index contributed by atoms with van der Waals surface area (Å²) >= 11 is 0. The van der Waals surface area contributed by atoms with Gasteiger partial charge in [0, 0.05) is 25.0 Å². The number of aromatic nitrogens is 4. The van der Waals surface area contributed by atoms with Gasteiger partial charge in [0.25, 0.3) is 0 Å². The Labute approximate surface area is 97.4 Å². The zero-order valence-electron chi connectivity index (χ0n) is 9.20. The highest BCUT2D eigenvalue weighted by molar-refractivity contribution is 5.79. The number of imidazole rings is 1. The fraction of sp³-hybridized carbons (Fsp3) is 0.0833. The summed E-state index contributed by atoms with van der Waals surface area (Å²) in [4.78, 5) is 12.5. The first kappa shape index (κ1) is 9.77. The van der Waals surface area contributed by atoms with E-state index in [1.165, 1.54) is 6.20 Å². The Morgan fingerprint density at radius 1 is 1.18 bits per heavy atom. The molecule has 17 heavy (non-hydrogen) atoms. The molecule has 0 amide bonds. The number of hydrogen-bond acceptors (Lipinski definition) is 4. The second-order valence-electron chi connectivity index (χ2n) is 3.79. The SMILES string of the molecule is Cn1c(-c2cncc(O)c2)nc2cnccc21. The van der Waals surface area contributed by atoms with E-state index in [1.54, 1.807) is 24.7 Å². The Morgan fingerprint density at radius 2 is 2.06 bits per heavy atom. The van der Waals surface area contributed by atoms with E-state index >= 15 is 0 Å². The third-order valence-corrected chi connectivity index (χ3v) is 2.67. The van der Waals surface area contributed by atoms with Crippen LogP contribution in [0.5, 0.6) is 5.75 Å². The van der Waals surface area contributed by atoms with Gasteiger partial charge in [0.1, 0.15) is 17.1 Å². The minimum atomic E-state index is 0.132. The fourth-order valence-corrected chi connectivity index (χ4v) is 1.86. The fourth-order valence-electron chi connectivity index (χ4n) is 1.86. The van der Waals surface area contributed by atoms with Gasteiger partial charge in [0.15, 0.2) is 0 Å². The molecule has 5 nitrogen and oxygen atoms in total. The highest BCUT2D eigenvalue weighted by atomic mass is 16.3. The molecule has 3 aromatic heterocycles. The first-order chi connectivity index (χ1) is 8.25. The van der Waals surface area contributed by atoms with Crippen molar-refractivity contribution in [3.05, 3.63) is 36.9 Å². The molecule has 0 aliphatic rings. The molecule has 3 rings (SSSR count). The summed E-state index contributed by atoms with van der Waals surface area (Å²) in [6.07, 6.45) is 6.52. The van der Waals surface area contributed by atoms with Crippen molar-refractivity contribution in [2.45, 2.75) is 0 Å². The van der Waals surface area contributed by atoms with Crippen molar-refractivity contribution in [3.63, 3.8) is 0 Å². The van der Waals surface area contributed by atoms with Crippen molar-refractivity contribution >= 4 is 11.0 Å². The van der Waals surface area contributed by atoms with Gasteiger partial charge in [-0.25, -0.2) is 4.98 Å². The minimum Gasteiger partial charge on any atom is -0.506 e. The third kappa shape index (κ3) is 1.52. The summed E-state index contributed by atoms with van der Waals surface area (Å²) in [5.74, 6) is 0.893. The van der Waals surface area contributed by atoms with E-state index in [0.29, 0.717) is 0 Å². The highest BCUT2D eigenvalue weighted by Gasteiger charge is 2.10. The van der Waals surface area contributed by atoms with E-state index in [9.17, 15) is 5.11 Å². The summed E-state index contributed by atoms with van der Waals surface area (Å²) < 4.78 is 1.95. The number of fused-ring (bicyclic) bond motifs is 1. The van der Waals surface area contributed by atoms with Gasteiger partial charge in [-0.1, -0.05) is 0 Å². The number of pyridine rings is 2. The van der Waals surface area contributed by atoms with Crippen molar-refractivity contribution in [1.82, 2.24) is 19.5 Å². The van der Waals surface area contributed by atoms with Gasteiger partial charge in [0.2, 0.25) is 0 Å². The normalized spacial score (nSPS) is 10.9. The van der Waals surface area contributed by atoms with Gasteiger partial charge in [-0.05, 0) is 12.1 Å². The number of rotatable bonds is 1. The van der Waals surface area contributed by atoms with Gasteiger partial charge in [-0.2, -0.15) is 0 Å². The Bertz CT molecular complexity index is 690. The molecule has 3 aromatic rings. The molecule has 84 valence electrons. The summed E-state index contributed by atoms with van der Waals surface area (Å²) in [6, 6.07) is 3.55. The Morgan fingerprint density at radius 3 is 2.82 bits per heavy atom. The van der Waals surface area contributed by atoms with Gasteiger partial charge in [-0.15, -0.1) is 0 Å². The van der Waals surface area contributed by atoms with Crippen LogP contribution >= 0.6 is 0 Å². The zero-order chi connectivity index (χ0) is 11.8. The van der Waals surface area contributed by atoms with E-state index in [-0.39, 0.29) is 5.75 Å². The molecule has 0 saturated carbocycles. The molecule has 5 heteroatoms. The number of hydrogen-bond donors (Lipinski definition) is 1. The summed E-state index contributed by atoms with van der Waals surface area (Å²) in [5.41, 5.74) is 2.61. The van der Waals surface area contributed by atoms with Crippen molar-refractivity contribution in [1.29, 1.82) is 0 Å². The van der Waals surface area contributed by atoms with Crippen LogP contribution in [0.3, 0.4) is 0 Å². The number of aryl methyl sites for hydroxylation is 1. The van der Waals surface area contributed by atoms with Crippen LogP contribution < -0.4 is 0 Å². The van der Waals surface area contributed by atoms with E-state index in [2.05, 4.69) is 15.0 Å². The van der Waals surface area contributed by atoms with Crippen LogP contribution in [0.25, 0.3) is 22.4 Å². The quantitative estimate of drug-likeness (QED) is 0.686. The lowest BCUT2D eigenvalue weighted by Crippen LogP contribution is -1.92. The molecule has 0 saturated heterocycles. The van der Waals surface area contributed by atoms with Crippen LogP contribution in [-0.2, 0) is 7.05 Å². The predicted molar refractivity (Wildman–Crippen MR) is 63.4 cm³/mol. The van der Waals surface area contributed by atoms with Crippen molar-refractivity contribution in [2.75, 3.05) is 0 Å². The minimum absolute atomic E-state index is 0.132. The lowest BCUT2D eigenvalue weighted by molar-refractivity contribution is 0.473. The van der Waals surface area contributed by atoms with Crippen LogP contribution in [0.2, 0.25) is 0 Å². The Kier molecular flexibility index (Phi) is 2.04. The summed E-state index contributed by atoms with van der Waals surface area (Å²) in [7, 11) is 1.93. The molecule has 0 fully saturated rings. The smallest absolute Gasteiger partial charge is 0.142 e. The van der Waals surface area contributed by atoms with Crippen LogP contribution in [-0.4, -0.2) is 24.6 Å². The maximum Gasteiger partial charge on any atom is 0.142 e. The van der Waals surface area contributed by atoms with Crippen LogP contribution in [0.15, 0.2) is 36.9 Å². The molecule has 0 unspecified atom stereocenters. The van der Waals surface area contributed by atoms with Crippen LogP contribution in [0, 0.1) is 0 Å². The lowest BCUT2D eigenvalue weighted by atomic mass is 10.2. The molecular weight excluding hydrogens is 216 g/mol. The topological polar surface area (TPSA) is 63.8 Å². The van der Waals surface area contributed by atoms with Gasteiger partial charge in [-0.3, -0.25) is 9.97 Å². The first-order valence-electron chi connectivity index (χ1n) is 5.16. The molecule has 0 atom stereocenters. The second kappa shape index (κ2) is 3.55. The maximum absolute atomic E-state index is 9.43. The average Bonchev–Trinajstić information content (AvgIpc) is 2.68. The van der Waals surface area contributed by atoms with Crippen molar-refractivity contribution < 1.29 is 5.11 Å². The van der Waals surface area contributed by atoms with E-state index in [0.717, 1.165) is 22.4 Å². The van der Waals surface area contributed by atoms with Gasteiger partial charge in [0.05, 0.1) is 17.9 Å². The van der Waals surface area contributed by atoms with Crippen molar-refractivity contribution in [2.24, 2.45) is 7.05 Å². The molecule has 0 aromatic carbocycles. The van der Waals surface area contributed by atoms with Crippen molar-refractivity contribution in [3.8, 4) is 17.1 Å². The molecule has 0 aliphatic carbocycles. The zero-order valence-corrected chi connectivity index (χ0v) is 9.20. The number of nitrogens with zero attached hydrogens (tertiary/aromatic N) is 4. The Hall–Kier alpha value is -2.43. The molecule has 0 aliphatic heterocycles. The molecule has 0 spiro atoms. The highest BCUT2D eigenvalue weighted by Crippen LogP contribution is 2.24. The monoisotopic (exact) mass is 226 g/mol. The second-order valence-corrected chi connectivity index (χ2v) is 3.79. The predicted octanol–water partition coefficient (Wildman–Crippen LogP) is 1.74. The lowest BCUT2D eigenvalue weighted by Gasteiger charge is -2.01. The number of aromatic hydroxyl groups is 1. The standard InChI is InChI=1S/C12H10N4O/c1-16-11-2-3-13-7-10(11)15-12(16)8-4-9(17)6-14-5-8/h2-7,17H,1H3. The molecule has 0 bridgehead atoms.